The Bertz CT molecular complexity index is 967. The number of ether oxygens (including phenoxy) is 1. The van der Waals surface area contributed by atoms with Crippen LogP contribution in [0.1, 0.15) is 67.6 Å². The van der Waals surface area contributed by atoms with Crippen molar-refractivity contribution >= 4 is 17.7 Å². The van der Waals surface area contributed by atoms with Crippen LogP contribution in [0, 0.1) is 0 Å². The van der Waals surface area contributed by atoms with Crippen molar-refractivity contribution in [3.63, 3.8) is 0 Å². The average Bonchev–Trinajstić information content (AvgIpc) is 2.91. The average molecular weight is 495 g/mol. The number of hydrogen-bond acceptors (Lipinski definition) is 5. The predicted octanol–water partition coefficient (Wildman–Crippen LogP) is 5.24. The number of rotatable bonds is 11. The normalized spacial score (nSPS) is 15.3. The largest absolute Gasteiger partial charge is 0.453 e. The van der Waals surface area contributed by atoms with E-state index in [4.69, 9.17) is 4.74 Å². The highest BCUT2D eigenvalue weighted by atomic mass is 16.5. The van der Waals surface area contributed by atoms with Crippen LogP contribution in [0.3, 0.4) is 0 Å². The molecule has 0 aromatic heterocycles. The fourth-order valence-corrected chi connectivity index (χ4v) is 4.90. The lowest BCUT2D eigenvalue weighted by Crippen LogP contribution is -2.48. The Labute approximate surface area is 216 Å². The molecule has 7 heteroatoms. The summed E-state index contributed by atoms with van der Waals surface area (Å²) >= 11 is 0. The summed E-state index contributed by atoms with van der Waals surface area (Å²) in [4.78, 5) is 31.5. The monoisotopic (exact) mass is 494 g/mol. The Kier molecular flexibility index (Phi) is 10.8. The molecule has 1 aliphatic rings. The third-order valence-corrected chi connectivity index (χ3v) is 7.01. The standard InChI is InChI=1S/C29H42N4O3/c1-5-8-9-17-31-18-20-33(21-19-31)27(25-11-10-12-26(22-25)30-29(35)36-4)23-13-15-24(16-14-23)28(34)32(6-2)7-3/h10-16,22,27H,5-9,17-21H2,1-4H3,(H,30,35). The topological polar surface area (TPSA) is 65.1 Å². The van der Waals surface area contributed by atoms with Crippen molar-refractivity contribution in [2.45, 2.75) is 46.1 Å². The van der Waals surface area contributed by atoms with E-state index in [2.05, 4.69) is 40.2 Å². The maximum Gasteiger partial charge on any atom is 0.411 e. The van der Waals surface area contributed by atoms with Crippen LogP contribution < -0.4 is 5.32 Å². The molecule has 36 heavy (non-hydrogen) atoms. The number of methoxy groups -OCH3 is 1. The van der Waals surface area contributed by atoms with E-state index >= 15 is 0 Å². The van der Waals surface area contributed by atoms with E-state index in [-0.39, 0.29) is 11.9 Å². The second kappa shape index (κ2) is 14.0. The van der Waals surface area contributed by atoms with Gasteiger partial charge in [-0.15, -0.1) is 0 Å². The summed E-state index contributed by atoms with van der Waals surface area (Å²) in [6.07, 6.45) is 3.29. The van der Waals surface area contributed by atoms with Gasteiger partial charge in [-0.1, -0.05) is 44.0 Å². The van der Waals surface area contributed by atoms with Gasteiger partial charge in [-0.25, -0.2) is 4.79 Å². The van der Waals surface area contributed by atoms with Gasteiger partial charge in [0.2, 0.25) is 0 Å². The van der Waals surface area contributed by atoms with Gasteiger partial charge >= 0.3 is 6.09 Å². The first-order chi connectivity index (χ1) is 17.5. The Hall–Kier alpha value is -2.90. The van der Waals surface area contributed by atoms with E-state index in [0.29, 0.717) is 24.3 Å². The van der Waals surface area contributed by atoms with Crippen molar-refractivity contribution in [1.82, 2.24) is 14.7 Å². The molecule has 2 aromatic rings. The van der Waals surface area contributed by atoms with Crippen LogP contribution in [0.25, 0.3) is 0 Å². The molecule has 1 aliphatic heterocycles. The maximum atomic E-state index is 12.8. The van der Waals surface area contributed by atoms with Crippen molar-refractivity contribution < 1.29 is 14.3 Å². The van der Waals surface area contributed by atoms with E-state index in [1.807, 2.05) is 49.1 Å². The van der Waals surface area contributed by atoms with Gasteiger partial charge in [0.25, 0.3) is 5.91 Å². The van der Waals surface area contributed by atoms with Crippen molar-refractivity contribution in [3.8, 4) is 0 Å². The minimum absolute atomic E-state index is 0.0276. The summed E-state index contributed by atoms with van der Waals surface area (Å²) in [6.45, 7) is 12.8. The predicted molar refractivity (Wildman–Crippen MR) is 146 cm³/mol. The number of amides is 2. The second-order valence-corrected chi connectivity index (χ2v) is 9.33. The highest BCUT2D eigenvalue weighted by molar-refractivity contribution is 5.94. The molecular weight excluding hydrogens is 452 g/mol. The van der Waals surface area contributed by atoms with Gasteiger partial charge in [-0.2, -0.15) is 0 Å². The van der Waals surface area contributed by atoms with Crippen LogP contribution in [-0.4, -0.2) is 79.6 Å². The van der Waals surface area contributed by atoms with E-state index in [1.165, 1.54) is 26.4 Å². The lowest BCUT2D eigenvalue weighted by Gasteiger charge is -2.40. The summed E-state index contributed by atoms with van der Waals surface area (Å²) in [5, 5.41) is 2.79. The molecule has 0 radical (unpaired) electrons. The first-order valence-corrected chi connectivity index (χ1v) is 13.3. The SMILES string of the molecule is CCCCCN1CCN(C(c2ccc(C(=O)N(CC)CC)cc2)c2cccc(NC(=O)OC)c2)CC1. The van der Waals surface area contributed by atoms with Gasteiger partial charge in [0.15, 0.2) is 0 Å². The number of unbranched alkanes of at least 4 members (excludes halogenated alkanes) is 2. The zero-order valence-corrected chi connectivity index (χ0v) is 22.3. The van der Waals surface area contributed by atoms with Crippen LogP contribution >= 0.6 is 0 Å². The molecule has 0 saturated carbocycles. The number of carbonyl (C=O) groups excluding carboxylic acids is 2. The molecule has 7 nitrogen and oxygen atoms in total. The molecule has 0 aliphatic carbocycles. The van der Waals surface area contributed by atoms with E-state index in [1.54, 1.807) is 0 Å². The molecule has 1 heterocycles. The molecule has 1 N–H and O–H groups in total. The van der Waals surface area contributed by atoms with Crippen molar-refractivity contribution in [3.05, 3.63) is 65.2 Å². The molecule has 1 atom stereocenters. The van der Waals surface area contributed by atoms with Crippen molar-refractivity contribution in [2.24, 2.45) is 0 Å². The van der Waals surface area contributed by atoms with Crippen LogP contribution in [0.15, 0.2) is 48.5 Å². The number of nitrogens with one attached hydrogen (secondary N) is 1. The van der Waals surface area contributed by atoms with Gasteiger partial charge < -0.3 is 14.5 Å². The number of nitrogens with zero attached hydrogens (tertiary/aromatic N) is 3. The molecule has 3 rings (SSSR count). The first kappa shape index (κ1) is 27.7. The summed E-state index contributed by atoms with van der Waals surface area (Å²) in [6, 6.07) is 16.0. The number of piperazine rings is 1. The molecule has 2 amide bonds. The molecule has 2 aromatic carbocycles. The summed E-state index contributed by atoms with van der Waals surface area (Å²) < 4.78 is 4.78. The minimum Gasteiger partial charge on any atom is -0.453 e. The highest BCUT2D eigenvalue weighted by Crippen LogP contribution is 2.31. The number of anilines is 1. The molecule has 0 bridgehead atoms. The zero-order chi connectivity index (χ0) is 25.9. The molecule has 1 fully saturated rings. The maximum absolute atomic E-state index is 12.8. The Morgan fingerprint density at radius 1 is 0.944 bits per heavy atom. The fourth-order valence-electron chi connectivity index (χ4n) is 4.90. The second-order valence-electron chi connectivity index (χ2n) is 9.33. The quantitative estimate of drug-likeness (QED) is 0.433. The van der Waals surface area contributed by atoms with Crippen LogP contribution in [0.4, 0.5) is 10.5 Å². The van der Waals surface area contributed by atoms with E-state index in [0.717, 1.165) is 43.9 Å². The minimum atomic E-state index is -0.483. The Morgan fingerprint density at radius 2 is 1.64 bits per heavy atom. The van der Waals surface area contributed by atoms with Gasteiger partial charge in [-0.05, 0) is 62.2 Å². The number of hydrogen-bond donors (Lipinski definition) is 1. The Morgan fingerprint density at radius 3 is 2.25 bits per heavy atom. The molecule has 0 spiro atoms. The van der Waals surface area contributed by atoms with Gasteiger partial charge in [0.05, 0.1) is 13.2 Å². The first-order valence-electron chi connectivity index (χ1n) is 13.3. The smallest absolute Gasteiger partial charge is 0.411 e. The molecule has 1 saturated heterocycles. The molecular formula is C29H42N4O3. The summed E-state index contributed by atoms with van der Waals surface area (Å²) in [7, 11) is 1.36. The van der Waals surface area contributed by atoms with Crippen LogP contribution in [0.2, 0.25) is 0 Å². The van der Waals surface area contributed by atoms with Gasteiger partial charge in [-0.3, -0.25) is 15.0 Å². The summed E-state index contributed by atoms with van der Waals surface area (Å²) in [5.41, 5.74) is 3.66. The van der Waals surface area contributed by atoms with Gasteiger partial charge in [0, 0.05) is 50.5 Å². The third-order valence-electron chi connectivity index (χ3n) is 7.01. The van der Waals surface area contributed by atoms with Crippen molar-refractivity contribution in [1.29, 1.82) is 0 Å². The zero-order valence-electron chi connectivity index (χ0n) is 22.3. The lowest BCUT2D eigenvalue weighted by molar-refractivity contribution is 0.0773. The number of benzene rings is 2. The molecule has 1 unspecified atom stereocenters. The fraction of sp³-hybridized carbons (Fsp3) is 0.517. The van der Waals surface area contributed by atoms with Crippen molar-refractivity contribution in [2.75, 3.05) is 58.2 Å². The van der Waals surface area contributed by atoms with Crippen LogP contribution in [-0.2, 0) is 4.74 Å². The Balaban J connectivity index is 1.86. The lowest BCUT2D eigenvalue weighted by atomic mass is 9.94. The molecule has 196 valence electrons. The summed E-state index contributed by atoms with van der Waals surface area (Å²) in [5.74, 6) is 0.0630. The van der Waals surface area contributed by atoms with E-state index in [9.17, 15) is 9.59 Å². The van der Waals surface area contributed by atoms with Gasteiger partial charge in [0.1, 0.15) is 0 Å². The number of carbonyl (C=O) groups is 2. The third kappa shape index (κ3) is 7.31. The van der Waals surface area contributed by atoms with Crippen LogP contribution in [0.5, 0.6) is 0 Å². The van der Waals surface area contributed by atoms with E-state index < -0.39 is 6.09 Å². The highest BCUT2D eigenvalue weighted by Gasteiger charge is 2.27.